The summed E-state index contributed by atoms with van der Waals surface area (Å²) < 4.78 is 19.6. The van der Waals surface area contributed by atoms with Gasteiger partial charge in [-0.15, -0.1) is 0 Å². The third-order valence-corrected chi connectivity index (χ3v) is 4.53. The molecule has 0 bridgehead atoms. The molecule has 1 aliphatic rings. The first-order valence-electron chi connectivity index (χ1n) is 7.30. The standard InChI is InChI=1S/C16H17BrFN3O/c17-15-4-2-1-3-12(15)11-21-7-5-14(6-8-21)22-16-19-9-13(18)10-20-16/h1-4,9-10,14H,5-8,11H2. The van der Waals surface area contributed by atoms with Crippen LogP contribution in [0.5, 0.6) is 6.01 Å². The molecular weight excluding hydrogens is 349 g/mol. The van der Waals surface area contributed by atoms with E-state index in [9.17, 15) is 4.39 Å². The Hall–Kier alpha value is -1.53. The van der Waals surface area contributed by atoms with Crippen molar-refractivity contribution in [3.63, 3.8) is 0 Å². The Labute approximate surface area is 137 Å². The number of hydrogen-bond acceptors (Lipinski definition) is 4. The Morgan fingerprint density at radius 3 is 2.55 bits per heavy atom. The second-order valence-corrected chi connectivity index (χ2v) is 6.22. The molecule has 1 aliphatic heterocycles. The van der Waals surface area contributed by atoms with Crippen LogP contribution in [0.15, 0.2) is 41.1 Å². The van der Waals surface area contributed by atoms with Crippen LogP contribution >= 0.6 is 15.9 Å². The number of rotatable bonds is 4. The number of benzene rings is 1. The van der Waals surface area contributed by atoms with Gasteiger partial charge in [-0.25, -0.2) is 14.4 Å². The maximum absolute atomic E-state index is 12.8. The number of halogens is 2. The molecule has 1 aromatic heterocycles. The van der Waals surface area contributed by atoms with E-state index in [-0.39, 0.29) is 12.1 Å². The summed E-state index contributed by atoms with van der Waals surface area (Å²) in [5, 5.41) is 0. The monoisotopic (exact) mass is 365 g/mol. The average molecular weight is 366 g/mol. The number of aromatic nitrogens is 2. The van der Waals surface area contributed by atoms with Gasteiger partial charge in [-0.1, -0.05) is 34.1 Å². The molecule has 6 heteroatoms. The molecule has 2 aromatic rings. The molecule has 1 saturated heterocycles. The number of hydrogen-bond donors (Lipinski definition) is 0. The van der Waals surface area contributed by atoms with Gasteiger partial charge in [-0.3, -0.25) is 4.90 Å². The van der Waals surface area contributed by atoms with Crippen molar-refractivity contribution in [2.75, 3.05) is 13.1 Å². The molecule has 0 unspecified atom stereocenters. The van der Waals surface area contributed by atoms with Gasteiger partial charge in [0.15, 0.2) is 5.82 Å². The molecule has 0 atom stereocenters. The van der Waals surface area contributed by atoms with Crippen molar-refractivity contribution < 1.29 is 9.13 Å². The molecule has 0 amide bonds. The highest BCUT2D eigenvalue weighted by Crippen LogP contribution is 2.21. The number of piperidine rings is 1. The number of likely N-dealkylation sites (tertiary alicyclic amines) is 1. The lowest BCUT2D eigenvalue weighted by Gasteiger charge is -2.31. The molecule has 4 nitrogen and oxygen atoms in total. The van der Waals surface area contributed by atoms with Crippen LogP contribution in [0.3, 0.4) is 0 Å². The molecule has 1 fully saturated rings. The SMILES string of the molecule is Fc1cnc(OC2CCN(Cc3ccccc3Br)CC2)nc1. The van der Waals surface area contributed by atoms with Gasteiger partial charge in [0.2, 0.25) is 0 Å². The van der Waals surface area contributed by atoms with E-state index in [2.05, 4.69) is 49.0 Å². The van der Waals surface area contributed by atoms with Gasteiger partial charge in [0.05, 0.1) is 12.4 Å². The van der Waals surface area contributed by atoms with Gasteiger partial charge < -0.3 is 4.74 Å². The maximum Gasteiger partial charge on any atom is 0.316 e. The van der Waals surface area contributed by atoms with Crippen LogP contribution in [-0.4, -0.2) is 34.1 Å². The molecule has 3 rings (SSSR count). The van der Waals surface area contributed by atoms with Crippen molar-refractivity contribution in [3.8, 4) is 6.01 Å². The predicted molar refractivity (Wildman–Crippen MR) is 85.1 cm³/mol. The van der Waals surface area contributed by atoms with Crippen molar-refractivity contribution in [3.05, 3.63) is 52.5 Å². The summed E-state index contributed by atoms with van der Waals surface area (Å²) in [5.74, 6) is -0.449. The zero-order valence-electron chi connectivity index (χ0n) is 12.1. The van der Waals surface area contributed by atoms with Crippen molar-refractivity contribution >= 4 is 15.9 Å². The summed E-state index contributed by atoms with van der Waals surface area (Å²) in [6, 6.07) is 8.54. The molecule has 22 heavy (non-hydrogen) atoms. The minimum atomic E-state index is -0.449. The Balaban J connectivity index is 1.50. The fourth-order valence-corrected chi connectivity index (χ4v) is 2.97. The topological polar surface area (TPSA) is 38.2 Å². The fraction of sp³-hybridized carbons (Fsp3) is 0.375. The first kappa shape index (κ1) is 15.4. The van der Waals surface area contributed by atoms with Gasteiger partial charge in [-0.2, -0.15) is 0 Å². The van der Waals surface area contributed by atoms with Crippen LogP contribution in [0.1, 0.15) is 18.4 Å². The lowest BCUT2D eigenvalue weighted by atomic mass is 10.1. The molecule has 0 radical (unpaired) electrons. The highest BCUT2D eigenvalue weighted by atomic mass is 79.9. The lowest BCUT2D eigenvalue weighted by Crippen LogP contribution is -2.38. The Bertz CT molecular complexity index is 615. The molecule has 2 heterocycles. The van der Waals surface area contributed by atoms with Crippen molar-refractivity contribution in [2.45, 2.75) is 25.5 Å². The molecule has 0 spiro atoms. The van der Waals surface area contributed by atoms with E-state index in [1.165, 1.54) is 5.56 Å². The zero-order valence-corrected chi connectivity index (χ0v) is 13.7. The van der Waals surface area contributed by atoms with Crippen molar-refractivity contribution in [1.29, 1.82) is 0 Å². The minimum Gasteiger partial charge on any atom is -0.460 e. The van der Waals surface area contributed by atoms with Crippen LogP contribution in [0.25, 0.3) is 0 Å². The van der Waals surface area contributed by atoms with Crippen LogP contribution < -0.4 is 4.74 Å². The third kappa shape index (κ3) is 4.01. The maximum atomic E-state index is 12.8. The van der Waals surface area contributed by atoms with Gasteiger partial charge in [-0.05, 0) is 24.5 Å². The van der Waals surface area contributed by atoms with Crippen LogP contribution in [0.2, 0.25) is 0 Å². The van der Waals surface area contributed by atoms with E-state index in [4.69, 9.17) is 4.74 Å². The van der Waals surface area contributed by atoms with Crippen molar-refractivity contribution in [2.24, 2.45) is 0 Å². The average Bonchev–Trinajstić information content (AvgIpc) is 2.54. The van der Waals surface area contributed by atoms with Crippen molar-refractivity contribution in [1.82, 2.24) is 14.9 Å². The Morgan fingerprint density at radius 1 is 1.18 bits per heavy atom. The van der Waals surface area contributed by atoms with E-state index in [1.54, 1.807) is 0 Å². The molecule has 0 N–H and O–H groups in total. The summed E-state index contributed by atoms with van der Waals surface area (Å²) >= 11 is 3.59. The van der Waals surface area contributed by atoms with E-state index >= 15 is 0 Å². The van der Waals surface area contributed by atoms with Gasteiger partial charge in [0.1, 0.15) is 6.10 Å². The first-order valence-corrected chi connectivity index (χ1v) is 8.10. The van der Waals surface area contributed by atoms with Gasteiger partial charge >= 0.3 is 6.01 Å². The fourth-order valence-electron chi connectivity index (χ4n) is 2.56. The Morgan fingerprint density at radius 2 is 1.86 bits per heavy atom. The smallest absolute Gasteiger partial charge is 0.316 e. The molecule has 116 valence electrons. The van der Waals surface area contributed by atoms with Gasteiger partial charge in [0, 0.05) is 24.1 Å². The molecular formula is C16H17BrFN3O. The molecule has 1 aromatic carbocycles. The highest BCUT2D eigenvalue weighted by molar-refractivity contribution is 9.10. The highest BCUT2D eigenvalue weighted by Gasteiger charge is 2.21. The lowest BCUT2D eigenvalue weighted by molar-refractivity contribution is 0.0889. The first-order chi connectivity index (χ1) is 10.7. The predicted octanol–water partition coefficient (Wildman–Crippen LogP) is 3.42. The van der Waals surface area contributed by atoms with E-state index in [0.29, 0.717) is 0 Å². The quantitative estimate of drug-likeness (QED) is 0.831. The summed E-state index contributed by atoms with van der Waals surface area (Å²) in [7, 11) is 0. The second kappa shape index (κ2) is 7.15. The largest absolute Gasteiger partial charge is 0.460 e. The number of ether oxygens (including phenoxy) is 1. The van der Waals surface area contributed by atoms with E-state index in [1.807, 2.05) is 6.07 Å². The van der Waals surface area contributed by atoms with Crippen LogP contribution in [0, 0.1) is 5.82 Å². The summed E-state index contributed by atoms with van der Waals surface area (Å²) in [6.45, 7) is 2.86. The van der Waals surface area contributed by atoms with E-state index < -0.39 is 5.82 Å². The van der Waals surface area contributed by atoms with Crippen LogP contribution in [0.4, 0.5) is 4.39 Å². The summed E-state index contributed by atoms with van der Waals surface area (Å²) in [6.07, 6.45) is 4.20. The van der Waals surface area contributed by atoms with Crippen LogP contribution in [-0.2, 0) is 6.54 Å². The summed E-state index contributed by atoms with van der Waals surface area (Å²) in [4.78, 5) is 10.1. The summed E-state index contributed by atoms with van der Waals surface area (Å²) in [5.41, 5.74) is 1.30. The van der Waals surface area contributed by atoms with Gasteiger partial charge in [0.25, 0.3) is 0 Å². The second-order valence-electron chi connectivity index (χ2n) is 5.37. The molecule has 0 aliphatic carbocycles. The zero-order chi connectivity index (χ0) is 15.4. The molecule has 0 saturated carbocycles. The number of nitrogens with zero attached hydrogens (tertiary/aromatic N) is 3. The normalized spacial score (nSPS) is 16.6. The Kier molecular flexibility index (Phi) is 5.00. The minimum absolute atomic E-state index is 0.0981. The third-order valence-electron chi connectivity index (χ3n) is 3.76. The van der Waals surface area contributed by atoms with E-state index in [0.717, 1.165) is 49.3 Å².